The van der Waals surface area contributed by atoms with Crippen molar-refractivity contribution < 1.29 is 0 Å². The van der Waals surface area contributed by atoms with E-state index < -0.39 is 0 Å². The van der Waals surface area contributed by atoms with Crippen molar-refractivity contribution in [3.8, 4) is 0 Å². The Hall–Kier alpha value is -0.860. The number of hydrogen-bond donors (Lipinski definition) is 1. The Kier molecular flexibility index (Phi) is 6.02. The zero-order chi connectivity index (χ0) is 14.5. The van der Waals surface area contributed by atoms with E-state index in [1.807, 2.05) is 7.05 Å². The minimum absolute atomic E-state index is 0.258. The van der Waals surface area contributed by atoms with Gasteiger partial charge in [-0.15, -0.1) is 0 Å². The zero-order valence-corrected chi connectivity index (χ0v) is 13.4. The Labute approximate surface area is 119 Å². The molecule has 0 saturated heterocycles. The van der Waals surface area contributed by atoms with Crippen molar-refractivity contribution in [3.05, 3.63) is 35.9 Å². The van der Waals surface area contributed by atoms with Crippen LogP contribution in [0.15, 0.2) is 30.3 Å². The van der Waals surface area contributed by atoms with E-state index in [-0.39, 0.29) is 5.41 Å². The molecular formula is C17H30N2. The summed E-state index contributed by atoms with van der Waals surface area (Å²) in [5.41, 5.74) is 1.65. The van der Waals surface area contributed by atoms with Crippen LogP contribution in [0.2, 0.25) is 0 Å². The molecule has 0 aliphatic carbocycles. The lowest BCUT2D eigenvalue weighted by Gasteiger charge is -2.39. The maximum Gasteiger partial charge on any atom is 0.0236 e. The highest BCUT2D eigenvalue weighted by molar-refractivity contribution is 5.14. The second-order valence-electron chi connectivity index (χ2n) is 6.48. The minimum atomic E-state index is 0.258. The molecule has 0 heterocycles. The molecule has 0 amide bonds. The summed E-state index contributed by atoms with van der Waals surface area (Å²) in [5, 5.41) is 3.39. The van der Waals surface area contributed by atoms with Crippen molar-refractivity contribution in [1.29, 1.82) is 0 Å². The summed E-state index contributed by atoms with van der Waals surface area (Å²) in [5.74, 6) is 0. The van der Waals surface area contributed by atoms with Gasteiger partial charge in [-0.1, -0.05) is 44.2 Å². The highest BCUT2D eigenvalue weighted by atomic mass is 15.2. The lowest BCUT2D eigenvalue weighted by molar-refractivity contribution is 0.113. The third-order valence-corrected chi connectivity index (χ3v) is 4.17. The molecule has 1 aromatic carbocycles. The summed E-state index contributed by atoms with van der Waals surface area (Å²) in [7, 11) is 2.04. The molecule has 0 saturated carbocycles. The van der Waals surface area contributed by atoms with Gasteiger partial charge in [0.05, 0.1) is 0 Å². The molecule has 1 aromatic rings. The van der Waals surface area contributed by atoms with Gasteiger partial charge in [0.2, 0.25) is 0 Å². The number of benzene rings is 1. The van der Waals surface area contributed by atoms with Gasteiger partial charge in [-0.25, -0.2) is 0 Å². The first-order valence-electron chi connectivity index (χ1n) is 7.32. The molecule has 0 aromatic heterocycles. The van der Waals surface area contributed by atoms with E-state index >= 15 is 0 Å². The molecule has 0 fully saturated rings. The number of nitrogens with one attached hydrogen (secondary N) is 1. The first-order chi connectivity index (χ1) is 8.86. The van der Waals surface area contributed by atoms with Crippen molar-refractivity contribution in [2.75, 3.05) is 13.6 Å². The van der Waals surface area contributed by atoms with E-state index in [2.05, 4.69) is 75.2 Å². The largest absolute Gasteiger partial charge is 0.317 e. The van der Waals surface area contributed by atoms with Crippen LogP contribution in [0.3, 0.4) is 0 Å². The van der Waals surface area contributed by atoms with E-state index in [1.54, 1.807) is 0 Å². The van der Waals surface area contributed by atoms with E-state index in [9.17, 15) is 0 Å². The molecule has 0 aliphatic heterocycles. The van der Waals surface area contributed by atoms with E-state index in [0.717, 1.165) is 13.1 Å². The van der Waals surface area contributed by atoms with Crippen LogP contribution in [-0.4, -0.2) is 30.6 Å². The van der Waals surface area contributed by atoms with Crippen LogP contribution in [0.25, 0.3) is 0 Å². The van der Waals surface area contributed by atoms with E-state index in [1.165, 1.54) is 5.56 Å². The second-order valence-corrected chi connectivity index (χ2v) is 6.48. The molecule has 1 N–H and O–H groups in total. The van der Waals surface area contributed by atoms with Crippen LogP contribution in [0.4, 0.5) is 0 Å². The molecule has 19 heavy (non-hydrogen) atoms. The van der Waals surface area contributed by atoms with Crippen molar-refractivity contribution in [2.24, 2.45) is 5.41 Å². The fourth-order valence-corrected chi connectivity index (χ4v) is 2.29. The Balaban J connectivity index is 2.74. The first kappa shape index (κ1) is 16.2. The highest BCUT2D eigenvalue weighted by Gasteiger charge is 2.28. The molecule has 0 spiro atoms. The fraction of sp³-hybridized carbons (Fsp3) is 0.647. The summed E-state index contributed by atoms with van der Waals surface area (Å²) in [6, 6.07) is 11.8. The average molecular weight is 262 g/mol. The Bertz CT molecular complexity index is 357. The smallest absolute Gasteiger partial charge is 0.0236 e. The van der Waals surface area contributed by atoms with Crippen LogP contribution < -0.4 is 5.32 Å². The SMILES string of the molecule is CNC(C)C(C)(C)CN(Cc1ccccc1)C(C)C. The third kappa shape index (κ3) is 4.96. The second kappa shape index (κ2) is 7.06. The summed E-state index contributed by atoms with van der Waals surface area (Å²) < 4.78 is 0. The van der Waals surface area contributed by atoms with Gasteiger partial charge in [-0.2, -0.15) is 0 Å². The molecule has 0 aliphatic rings. The topological polar surface area (TPSA) is 15.3 Å². The van der Waals surface area contributed by atoms with Gasteiger partial charge in [-0.3, -0.25) is 4.90 Å². The van der Waals surface area contributed by atoms with Crippen LogP contribution in [0.5, 0.6) is 0 Å². The van der Waals surface area contributed by atoms with Crippen molar-refractivity contribution in [2.45, 2.75) is 53.2 Å². The normalized spacial score (nSPS) is 14.1. The van der Waals surface area contributed by atoms with Crippen molar-refractivity contribution in [3.63, 3.8) is 0 Å². The van der Waals surface area contributed by atoms with Gasteiger partial charge in [0.25, 0.3) is 0 Å². The molecule has 108 valence electrons. The van der Waals surface area contributed by atoms with Crippen LogP contribution in [-0.2, 0) is 6.54 Å². The van der Waals surface area contributed by atoms with Crippen LogP contribution >= 0.6 is 0 Å². The monoisotopic (exact) mass is 262 g/mol. The fourth-order valence-electron chi connectivity index (χ4n) is 2.29. The molecule has 2 heteroatoms. The minimum Gasteiger partial charge on any atom is -0.317 e. The summed E-state index contributed by atoms with van der Waals surface area (Å²) in [4.78, 5) is 2.56. The van der Waals surface area contributed by atoms with Gasteiger partial charge >= 0.3 is 0 Å². The average Bonchev–Trinajstić information content (AvgIpc) is 2.37. The Morgan fingerprint density at radius 3 is 2.16 bits per heavy atom. The molecule has 1 rings (SSSR count). The maximum absolute atomic E-state index is 3.39. The summed E-state index contributed by atoms with van der Waals surface area (Å²) in [6.45, 7) is 13.6. The molecule has 1 unspecified atom stereocenters. The molecular weight excluding hydrogens is 232 g/mol. The van der Waals surface area contributed by atoms with Gasteiger partial charge in [0, 0.05) is 25.2 Å². The highest BCUT2D eigenvalue weighted by Crippen LogP contribution is 2.24. The number of rotatable bonds is 7. The number of hydrogen-bond acceptors (Lipinski definition) is 2. The first-order valence-corrected chi connectivity index (χ1v) is 7.32. The van der Waals surface area contributed by atoms with Crippen LogP contribution in [0, 0.1) is 5.41 Å². The lowest BCUT2D eigenvalue weighted by atomic mass is 9.84. The number of nitrogens with zero attached hydrogens (tertiary/aromatic N) is 1. The predicted octanol–water partition coefficient (Wildman–Crippen LogP) is 3.53. The quantitative estimate of drug-likeness (QED) is 0.808. The third-order valence-electron chi connectivity index (χ3n) is 4.17. The zero-order valence-electron chi connectivity index (χ0n) is 13.4. The molecule has 0 bridgehead atoms. The molecule has 0 radical (unpaired) electrons. The Morgan fingerprint density at radius 1 is 1.11 bits per heavy atom. The standard InChI is InChI=1S/C17H30N2/c1-14(2)19(12-16-10-8-7-9-11-16)13-17(4,5)15(3)18-6/h7-11,14-15,18H,12-13H2,1-6H3. The summed E-state index contributed by atoms with van der Waals surface area (Å²) in [6.07, 6.45) is 0. The lowest BCUT2D eigenvalue weighted by Crippen LogP contribution is -2.47. The van der Waals surface area contributed by atoms with E-state index in [0.29, 0.717) is 12.1 Å². The van der Waals surface area contributed by atoms with E-state index in [4.69, 9.17) is 0 Å². The Morgan fingerprint density at radius 2 is 1.68 bits per heavy atom. The predicted molar refractivity (Wildman–Crippen MR) is 84.3 cm³/mol. The molecule has 2 nitrogen and oxygen atoms in total. The summed E-state index contributed by atoms with van der Waals surface area (Å²) >= 11 is 0. The van der Waals surface area contributed by atoms with Gasteiger partial charge in [0.15, 0.2) is 0 Å². The maximum atomic E-state index is 3.39. The van der Waals surface area contributed by atoms with Crippen molar-refractivity contribution in [1.82, 2.24) is 10.2 Å². The van der Waals surface area contributed by atoms with Gasteiger partial charge < -0.3 is 5.32 Å². The van der Waals surface area contributed by atoms with Crippen LogP contribution in [0.1, 0.15) is 40.2 Å². The van der Waals surface area contributed by atoms with Gasteiger partial charge in [-0.05, 0) is 38.8 Å². The van der Waals surface area contributed by atoms with Gasteiger partial charge in [0.1, 0.15) is 0 Å². The van der Waals surface area contributed by atoms with Crippen molar-refractivity contribution >= 4 is 0 Å². The molecule has 1 atom stereocenters.